The van der Waals surface area contributed by atoms with E-state index in [1.807, 2.05) is 12.1 Å². The minimum Gasteiger partial charge on any atom is -0.456 e. The summed E-state index contributed by atoms with van der Waals surface area (Å²) in [5, 5.41) is 4.43. The summed E-state index contributed by atoms with van der Waals surface area (Å²) < 4.78 is 19.7. The van der Waals surface area contributed by atoms with E-state index in [0.29, 0.717) is 5.58 Å². The Labute approximate surface area is 113 Å². The van der Waals surface area contributed by atoms with Crippen LogP contribution in [-0.4, -0.2) is 6.54 Å². The standard InChI is InChI=1S/C16H20FNO/c1-15(2,3)16(8-5-9-18-16)13-10-11-6-4-7-12(17)14(11)19-13/h4,6-7,10,18H,5,8-9H2,1-3H3. The van der Waals surface area contributed by atoms with Crippen LogP contribution in [0, 0.1) is 11.2 Å². The number of hydrogen-bond acceptors (Lipinski definition) is 2. The van der Waals surface area contributed by atoms with Crippen molar-refractivity contribution in [2.75, 3.05) is 6.54 Å². The van der Waals surface area contributed by atoms with Gasteiger partial charge >= 0.3 is 0 Å². The summed E-state index contributed by atoms with van der Waals surface area (Å²) in [5.74, 6) is 0.573. The fourth-order valence-electron chi connectivity index (χ4n) is 3.20. The number of fused-ring (bicyclic) bond motifs is 1. The fourth-order valence-corrected chi connectivity index (χ4v) is 3.20. The molecule has 1 aromatic heterocycles. The van der Waals surface area contributed by atoms with E-state index >= 15 is 0 Å². The van der Waals surface area contributed by atoms with Gasteiger partial charge in [-0.05, 0) is 36.9 Å². The van der Waals surface area contributed by atoms with Gasteiger partial charge in [0.05, 0.1) is 5.54 Å². The van der Waals surface area contributed by atoms with Crippen molar-refractivity contribution >= 4 is 11.0 Å². The molecule has 1 fully saturated rings. The van der Waals surface area contributed by atoms with Gasteiger partial charge in [0.2, 0.25) is 0 Å². The molecule has 2 heterocycles. The van der Waals surface area contributed by atoms with Crippen LogP contribution in [-0.2, 0) is 5.54 Å². The second kappa shape index (κ2) is 4.07. The third-order valence-corrected chi connectivity index (χ3v) is 4.35. The van der Waals surface area contributed by atoms with Gasteiger partial charge in [-0.25, -0.2) is 4.39 Å². The summed E-state index contributed by atoms with van der Waals surface area (Å²) in [4.78, 5) is 0. The fraction of sp³-hybridized carbons (Fsp3) is 0.500. The van der Waals surface area contributed by atoms with Crippen molar-refractivity contribution in [3.63, 3.8) is 0 Å². The van der Waals surface area contributed by atoms with Crippen LogP contribution in [0.25, 0.3) is 11.0 Å². The molecule has 0 aliphatic carbocycles. The molecule has 1 unspecified atom stereocenters. The van der Waals surface area contributed by atoms with Gasteiger partial charge in [0.1, 0.15) is 5.76 Å². The highest BCUT2D eigenvalue weighted by molar-refractivity contribution is 5.78. The molecule has 0 saturated carbocycles. The molecule has 1 aromatic carbocycles. The zero-order valence-electron chi connectivity index (χ0n) is 11.7. The molecule has 3 heteroatoms. The van der Waals surface area contributed by atoms with Crippen LogP contribution in [0.5, 0.6) is 0 Å². The summed E-state index contributed by atoms with van der Waals surface area (Å²) in [5.41, 5.74) is 0.196. The molecule has 1 aliphatic heterocycles. The summed E-state index contributed by atoms with van der Waals surface area (Å²) in [6.07, 6.45) is 2.15. The van der Waals surface area contributed by atoms with Crippen LogP contribution in [0.3, 0.4) is 0 Å². The molecule has 1 aliphatic rings. The van der Waals surface area contributed by atoms with Gasteiger partial charge in [0, 0.05) is 5.39 Å². The molecule has 0 spiro atoms. The van der Waals surface area contributed by atoms with E-state index in [2.05, 4.69) is 26.1 Å². The summed E-state index contributed by atoms with van der Waals surface area (Å²) in [7, 11) is 0. The molecule has 1 N–H and O–H groups in total. The number of halogens is 1. The molecule has 102 valence electrons. The second-order valence-electron chi connectivity index (χ2n) is 6.45. The summed E-state index contributed by atoms with van der Waals surface area (Å²) >= 11 is 0. The minimum atomic E-state index is -0.286. The van der Waals surface area contributed by atoms with Gasteiger partial charge in [-0.1, -0.05) is 32.9 Å². The SMILES string of the molecule is CC(C)(C)C1(c2cc3cccc(F)c3o2)CCCN1. The first-order valence-electron chi connectivity index (χ1n) is 6.88. The maximum atomic E-state index is 13.8. The van der Waals surface area contributed by atoms with E-state index in [0.717, 1.165) is 30.5 Å². The number of para-hydroxylation sites is 1. The van der Waals surface area contributed by atoms with Crippen molar-refractivity contribution in [3.05, 3.63) is 35.8 Å². The van der Waals surface area contributed by atoms with Crippen LogP contribution < -0.4 is 5.32 Å². The molecule has 0 amide bonds. The first kappa shape index (κ1) is 12.7. The van der Waals surface area contributed by atoms with Gasteiger partial charge in [-0.15, -0.1) is 0 Å². The van der Waals surface area contributed by atoms with Crippen molar-refractivity contribution in [2.24, 2.45) is 5.41 Å². The molecule has 3 rings (SSSR count). The summed E-state index contributed by atoms with van der Waals surface area (Å²) in [6, 6.07) is 7.06. The van der Waals surface area contributed by atoms with Crippen LogP contribution in [0.2, 0.25) is 0 Å². The van der Waals surface area contributed by atoms with Crippen LogP contribution in [0.1, 0.15) is 39.4 Å². The van der Waals surface area contributed by atoms with Crippen molar-refractivity contribution in [2.45, 2.75) is 39.2 Å². The average Bonchev–Trinajstić information content (AvgIpc) is 2.95. The Hall–Kier alpha value is -1.35. The maximum absolute atomic E-state index is 13.8. The van der Waals surface area contributed by atoms with E-state index in [1.165, 1.54) is 6.07 Å². The van der Waals surface area contributed by atoms with Crippen molar-refractivity contribution in [3.8, 4) is 0 Å². The Morgan fingerprint density at radius 3 is 2.68 bits per heavy atom. The molecule has 19 heavy (non-hydrogen) atoms. The lowest BCUT2D eigenvalue weighted by Gasteiger charge is -2.40. The first-order valence-corrected chi connectivity index (χ1v) is 6.88. The van der Waals surface area contributed by atoms with Crippen LogP contribution in [0.4, 0.5) is 4.39 Å². The molecule has 1 atom stereocenters. The average molecular weight is 261 g/mol. The van der Waals surface area contributed by atoms with Gasteiger partial charge in [-0.3, -0.25) is 0 Å². The van der Waals surface area contributed by atoms with E-state index in [4.69, 9.17) is 4.42 Å². The molecule has 2 nitrogen and oxygen atoms in total. The normalized spacial score (nSPS) is 24.2. The van der Waals surface area contributed by atoms with E-state index in [1.54, 1.807) is 6.07 Å². The molecular weight excluding hydrogens is 241 g/mol. The Balaban J connectivity index is 2.19. The molecule has 2 aromatic rings. The maximum Gasteiger partial charge on any atom is 0.169 e. The first-order chi connectivity index (χ1) is 8.94. The van der Waals surface area contributed by atoms with Gasteiger partial charge in [0.15, 0.2) is 11.4 Å². The van der Waals surface area contributed by atoms with Crippen molar-refractivity contribution in [1.29, 1.82) is 0 Å². The lowest BCUT2D eigenvalue weighted by molar-refractivity contribution is 0.132. The van der Waals surface area contributed by atoms with Crippen molar-refractivity contribution < 1.29 is 8.81 Å². The zero-order valence-corrected chi connectivity index (χ0v) is 11.7. The largest absolute Gasteiger partial charge is 0.456 e. The summed E-state index contributed by atoms with van der Waals surface area (Å²) in [6.45, 7) is 7.59. The van der Waals surface area contributed by atoms with Crippen LogP contribution >= 0.6 is 0 Å². The van der Waals surface area contributed by atoms with E-state index in [-0.39, 0.29) is 16.8 Å². The smallest absolute Gasteiger partial charge is 0.169 e. The quantitative estimate of drug-likeness (QED) is 0.832. The lowest BCUT2D eigenvalue weighted by Crippen LogP contribution is -2.47. The monoisotopic (exact) mass is 261 g/mol. The Bertz CT molecular complexity index is 603. The van der Waals surface area contributed by atoms with E-state index in [9.17, 15) is 4.39 Å². The Morgan fingerprint density at radius 2 is 2.11 bits per heavy atom. The highest BCUT2D eigenvalue weighted by Gasteiger charge is 2.47. The number of hydrogen-bond donors (Lipinski definition) is 1. The van der Waals surface area contributed by atoms with E-state index < -0.39 is 0 Å². The molecule has 0 bridgehead atoms. The van der Waals surface area contributed by atoms with Gasteiger partial charge in [-0.2, -0.15) is 0 Å². The van der Waals surface area contributed by atoms with Crippen LogP contribution in [0.15, 0.2) is 28.7 Å². The zero-order chi connectivity index (χ0) is 13.7. The predicted octanol–water partition coefficient (Wildman–Crippen LogP) is 4.20. The lowest BCUT2D eigenvalue weighted by atomic mass is 9.71. The third kappa shape index (κ3) is 1.79. The number of furan rings is 1. The predicted molar refractivity (Wildman–Crippen MR) is 74.5 cm³/mol. The molecule has 1 saturated heterocycles. The Kier molecular flexibility index (Phi) is 2.72. The second-order valence-corrected chi connectivity index (χ2v) is 6.45. The number of nitrogens with one attached hydrogen (secondary N) is 1. The van der Waals surface area contributed by atoms with Gasteiger partial charge in [0.25, 0.3) is 0 Å². The third-order valence-electron chi connectivity index (χ3n) is 4.35. The number of benzene rings is 1. The topological polar surface area (TPSA) is 25.2 Å². The molecule has 0 radical (unpaired) electrons. The highest BCUT2D eigenvalue weighted by atomic mass is 19.1. The Morgan fingerprint density at radius 1 is 1.32 bits per heavy atom. The minimum absolute atomic E-state index is 0.0217. The highest BCUT2D eigenvalue weighted by Crippen LogP contribution is 2.47. The van der Waals surface area contributed by atoms with Crippen molar-refractivity contribution in [1.82, 2.24) is 5.32 Å². The molecular formula is C16H20FNO. The number of rotatable bonds is 1. The van der Waals surface area contributed by atoms with Gasteiger partial charge < -0.3 is 9.73 Å².